The van der Waals surface area contributed by atoms with E-state index in [1.165, 1.54) is 4.90 Å². The Hall–Kier alpha value is -3.15. The number of fused-ring (bicyclic) bond motifs is 1. The summed E-state index contributed by atoms with van der Waals surface area (Å²) in [4.78, 5) is 40.6. The highest BCUT2D eigenvalue weighted by Crippen LogP contribution is 2.38. The van der Waals surface area contributed by atoms with Crippen LogP contribution in [-0.2, 0) is 20.8 Å². The van der Waals surface area contributed by atoms with Crippen LogP contribution in [0.2, 0.25) is 0 Å². The Balaban J connectivity index is 2.05. The maximum atomic E-state index is 12.9. The third kappa shape index (κ3) is 3.30. The van der Waals surface area contributed by atoms with Crippen LogP contribution in [0.4, 0.5) is 5.69 Å². The van der Waals surface area contributed by atoms with Crippen LogP contribution in [0.25, 0.3) is 11.6 Å². The zero-order chi connectivity index (χ0) is 19.7. The van der Waals surface area contributed by atoms with Gasteiger partial charge in [-0.25, -0.2) is 4.90 Å². The van der Waals surface area contributed by atoms with E-state index in [0.29, 0.717) is 17.7 Å². The van der Waals surface area contributed by atoms with E-state index >= 15 is 0 Å². The maximum Gasteiger partial charge on any atom is 0.303 e. The van der Waals surface area contributed by atoms with Gasteiger partial charge in [0.2, 0.25) is 5.91 Å². The van der Waals surface area contributed by atoms with Crippen LogP contribution in [0.3, 0.4) is 0 Å². The number of carboxylic acids is 1. The number of rotatable bonds is 5. The summed E-state index contributed by atoms with van der Waals surface area (Å²) in [6, 6.07) is 7.25. The van der Waals surface area contributed by atoms with E-state index < -0.39 is 5.97 Å². The lowest BCUT2D eigenvalue weighted by molar-refractivity contribution is -0.137. The first-order chi connectivity index (χ1) is 12.8. The molecule has 0 unspecified atom stereocenters. The third-order valence-corrected chi connectivity index (χ3v) is 4.93. The van der Waals surface area contributed by atoms with Crippen LogP contribution in [0.5, 0.6) is 0 Å². The Kier molecular flexibility index (Phi) is 4.99. The number of aryl methyl sites for hydroxylation is 1. The number of nitrogens with one attached hydrogen (secondary N) is 1. The number of imide groups is 1. The Labute approximate surface area is 157 Å². The van der Waals surface area contributed by atoms with Crippen molar-refractivity contribution in [1.82, 2.24) is 4.98 Å². The molecule has 1 aromatic carbocycles. The molecule has 2 amide bonds. The molecule has 0 spiro atoms. The molecule has 1 aliphatic heterocycles. The number of carbonyl (C=O) groups excluding carboxylic acids is 2. The molecule has 3 rings (SSSR count). The average molecular weight is 366 g/mol. The lowest BCUT2D eigenvalue weighted by Gasteiger charge is -2.13. The van der Waals surface area contributed by atoms with Crippen LogP contribution >= 0.6 is 0 Å². The number of amides is 2. The fourth-order valence-corrected chi connectivity index (χ4v) is 3.50. The van der Waals surface area contributed by atoms with Gasteiger partial charge in [-0.1, -0.05) is 25.1 Å². The van der Waals surface area contributed by atoms with Crippen LogP contribution in [0.1, 0.15) is 47.8 Å². The smallest absolute Gasteiger partial charge is 0.303 e. The number of nitrogens with zero attached hydrogens (tertiary/aromatic N) is 1. The quantitative estimate of drug-likeness (QED) is 0.793. The SMILES string of the molecule is CCC(=O)N1C(=O)/C(=C\c2[nH]c(C)c(CCC(=O)O)c2C)c2ccccc21. The first-order valence-corrected chi connectivity index (χ1v) is 8.93. The van der Waals surface area contributed by atoms with Gasteiger partial charge in [0, 0.05) is 29.8 Å². The predicted octanol–water partition coefficient (Wildman–Crippen LogP) is 3.47. The van der Waals surface area contributed by atoms with Crippen LogP contribution in [0.15, 0.2) is 24.3 Å². The topological polar surface area (TPSA) is 90.5 Å². The first-order valence-electron chi connectivity index (χ1n) is 8.93. The Bertz CT molecular complexity index is 969. The fraction of sp³-hybridized carbons (Fsp3) is 0.286. The van der Waals surface area contributed by atoms with E-state index in [4.69, 9.17) is 5.11 Å². The fourth-order valence-electron chi connectivity index (χ4n) is 3.50. The minimum Gasteiger partial charge on any atom is -0.481 e. The van der Waals surface area contributed by atoms with Gasteiger partial charge < -0.3 is 10.1 Å². The maximum absolute atomic E-state index is 12.9. The molecule has 1 aromatic heterocycles. The number of aromatic amines is 1. The molecule has 2 N–H and O–H groups in total. The number of benzene rings is 1. The van der Waals surface area contributed by atoms with Crippen molar-refractivity contribution in [2.45, 2.75) is 40.0 Å². The van der Waals surface area contributed by atoms with Gasteiger partial charge in [0.25, 0.3) is 5.91 Å². The second kappa shape index (κ2) is 7.23. The van der Waals surface area contributed by atoms with Gasteiger partial charge in [-0.05, 0) is 43.5 Å². The van der Waals surface area contributed by atoms with Gasteiger partial charge in [-0.3, -0.25) is 14.4 Å². The highest BCUT2D eigenvalue weighted by atomic mass is 16.4. The van der Waals surface area contributed by atoms with E-state index in [1.807, 2.05) is 26.0 Å². The molecule has 0 saturated carbocycles. The molecule has 27 heavy (non-hydrogen) atoms. The largest absolute Gasteiger partial charge is 0.481 e. The molecule has 0 radical (unpaired) electrons. The van der Waals surface area contributed by atoms with Crippen molar-refractivity contribution in [1.29, 1.82) is 0 Å². The van der Waals surface area contributed by atoms with E-state index in [1.54, 1.807) is 25.1 Å². The van der Waals surface area contributed by atoms with E-state index in [2.05, 4.69) is 4.98 Å². The number of hydrogen-bond donors (Lipinski definition) is 2. The average Bonchev–Trinajstić information content (AvgIpc) is 3.07. The van der Waals surface area contributed by atoms with Crippen molar-refractivity contribution in [3.05, 3.63) is 52.3 Å². The molecule has 6 nitrogen and oxygen atoms in total. The summed E-state index contributed by atoms with van der Waals surface area (Å²) in [5.74, 6) is -1.41. The summed E-state index contributed by atoms with van der Waals surface area (Å²) >= 11 is 0. The predicted molar refractivity (Wildman–Crippen MR) is 103 cm³/mol. The second-order valence-corrected chi connectivity index (χ2v) is 6.62. The highest BCUT2D eigenvalue weighted by Gasteiger charge is 2.35. The summed E-state index contributed by atoms with van der Waals surface area (Å²) in [5, 5.41) is 8.94. The van der Waals surface area contributed by atoms with Crippen molar-refractivity contribution in [2.24, 2.45) is 0 Å². The number of H-pyrrole nitrogens is 1. The van der Waals surface area contributed by atoms with Crippen LogP contribution < -0.4 is 4.90 Å². The Morgan fingerprint density at radius 1 is 1.22 bits per heavy atom. The van der Waals surface area contributed by atoms with Gasteiger partial charge in [0.15, 0.2) is 0 Å². The lowest BCUT2D eigenvalue weighted by atomic mass is 10.0. The van der Waals surface area contributed by atoms with Crippen molar-refractivity contribution < 1.29 is 19.5 Å². The summed E-state index contributed by atoms with van der Waals surface area (Å²) in [6.45, 7) is 5.53. The molecule has 0 atom stereocenters. The number of carbonyl (C=O) groups is 3. The third-order valence-electron chi connectivity index (χ3n) is 4.93. The summed E-state index contributed by atoms with van der Waals surface area (Å²) < 4.78 is 0. The summed E-state index contributed by atoms with van der Waals surface area (Å²) in [7, 11) is 0. The summed E-state index contributed by atoms with van der Waals surface area (Å²) in [6.07, 6.45) is 2.48. The molecule has 2 heterocycles. The first kappa shape index (κ1) is 18.6. The van der Waals surface area contributed by atoms with Crippen LogP contribution in [0, 0.1) is 13.8 Å². The van der Waals surface area contributed by atoms with Crippen molar-refractivity contribution in [3.8, 4) is 0 Å². The zero-order valence-corrected chi connectivity index (χ0v) is 15.6. The minimum atomic E-state index is -0.844. The van der Waals surface area contributed by atoms with E-state index in [9.17, 15) is 14.4 Å². The van der Waals surface area contributed by atoms with Gasteiger partial charge >= 0.3 is 5.97 Å². The molecule has 0 bridgehead atoms. The molecule has 140 valence electrons. The standard InChI is InChI=1S/C21H22N2O4/c1-4-19(24)23-18-8-6-5-7-15(18)16(21(23)27)11-17-12(2)14(13(3)22-17)9-10-20(25)26/h5-8,11,22H,4,9-10H2,1-3H3,(H,25,26)/b16-11-. The monoisotopic (exact) mass is 366 g/mol. The van der Waals surface area contributed by atoms with Gasteiger partial charge in [-0.15, -0.1) is 0 Å². The Morgan fingerprint density at radius 2 is 1.93 bits per heavy atom. The van der Waals surface area contributed by atoms with Gasteiger partial charge in [0.05, 0.1) is 11.3 Å². The molecular formula is C21H22N2O4. The van der Waals surface area contributed by atoms with Crippen molar-refractivity contribution >= 4 is 35.1 Å². The molecule has 0 aliphatic carbocycles. The van der Waals surface area contributed by atoms with E-state index in [-0.39, 0.29) is 24.7 Å². The van der Waals surface area contributed by atoms with Crippen LogP contribution in [-0.4, -0.2) is 27.9 Å². The molecule has 2 aromatic rings. The second-order valence-electron chi connectivity index (χ2n) is 6.62. The van der Waals surface area contributed by atoms with Crippen molar-refractivity contribution in [3.63, 3.8) is 0 Å². The number of aliphatic carboxylic acids is 1. The number of anilines is 1. The van der Waals surface area contributed by atoms with Gasteiger partial charge in [-0.2, -0.15) is 0 Å². The van der Waals surface area contributed by atoms with Crippen molar-refractivity contribution in [2.75, 3.05) is 4.90 Å². The van der Waals surface area contributed by atoms with Gasteiger partial charge in [0.1, 0.15) is 0 Å². The molecule has 0 saturated heterocycles. The molecular weight excluding hydrogens is 344 g/mol. The van der Waals surface area contributed by atoms with E-state index in [0.717, 1.165) is 28.1 Å². The summed E-state index contributed by atoms with van der Waals surface area (Å²) in [5.41, 5.74) is 5.31. The Morgan fingerprint density at radius 3 is 2.59 bits per heavy atom. The number of para-hydroxylation sites is 1. The molecule has 1 aliphatic rings. The molecule has 6 heteroatoms. The highest BCUT2D eigenvalue weighted by molar-refractivity contribution is 6.42. The number of aromatic nitrogens is 1. The normalized spacial score (nSPS) is 14.7. The number of carboxylic acid groups (broad SMARTS) is 1. The lowest BCUT2D eigenvalue weighted by Crippen LogP contribution is -2.32. The number of hydrogen-bond acceptors (Lipinski definition) is 3. The minimum absolute atomic E-state index is 0.0517. The zero-order valence-electron chi connectivity index (χ0n) is 15.6. The molecule has 0 fully saturated rings.